The van der Waals surface area contributed by atoms with Crippen LogP contribution >= 0.6 is 0 Å². The van der Waals surface area contributed by atoms with Crippen LogP contribution in [0.1, 0.15) is 81.1 Å². The van der Waals surface area contributed by atoms with E-state index in [2.05, 4.69) is 10.2 Å². The van der Waals surface area contributed by atoms with Crippen molar-refractivity contribution in [3.63, 3.8) is 0 Å². The lowest BCUT2D eigenvalue weighted by Gasteiger charge is -2.40. The molecule has 1 fully saturated rings. The summed E-state index contributed by atoms with van der Waals surface area (Å²) in [7, 11) is 0. The molecule has 0 amide bonds. The summed E-state index contributed by atoms with van der Waals surface area (Å²) in [6, 6.07) is -0.540. The van der Waals surface area contributed by atoms with Gasteiger partial charge in [-0.2, -0.15) is 0 Å². The Morgan fingerprint density at radius 3 is 2.12 bits per heavy atom. The SMILES string of the molecule is CCOC(=O)[C@H](CCN1CC[C@H]1C(=O)CC)NCC[C@H](OC(C)(C)C)C(=O)OC(C)(C)C. The largest absolute Gasteiger partial charge is 0.465 e. The van der Waals surface area contributed by atoms with Crippen LogP contribution in [0.2, 0.25) is 0 Å². The van der Waals surface area contributed by atoms with Gasteiger partial charge in [-0.05, 0) is 74.3 Å². The number of esters is 2. The maximum absolute atomic E-state index is 12.6. The highest BCUT2D eigenvalue weighted by molar-refractivity contribution is 5.84. The smallest absolute Gasteiger partial charge is 0.335 e. The fourth-order valence-corrected chi connectivity index (χ4v) is 3.56. The first-order chi connectivity index (χ1) is 14.8. The van der Waals surface area contributed by atoms with Gasteiger partial charge in [0.2, 0.25) is 0 Å². The zero-order chi connectivity index (χ0) is 24.5. The van der Waals surface area contributed by atoms with E-state index in [1.54, 1.807) is 6.92 Å². The molecule has 0 aliphatic carbocycles. The molecule has 1 aliphatic rings. The van der Waals surface area contributed by atoms with Crippen molar-refractivity contribution in [2.45, 2.75) is 110 Å². The van der Waals surface area contributed by atoms with Gasteiger partial charge in [0.25, 0.3) is 0 Å². The van der Waals surface area contributed by atoms with E-state index in [4.69, 9.17) is 14.2 Å². The van der Waals surface area contributed by atoms with E-state index < -0.39 is 29.3 Å². The van der Waals surface area contributed by atoms with E-state index in [1.807, 2.05) is 48.5 Å². The summed E-state index contributed by atoms with van der Waals surface area (Å²) in [5.41, 5.74) is -1.12. The summed E-state index contributed by atoms with van der Waals surface area (Å²) >= 11 is 0. The van der Waals surface area contributed by atoms with Crippen LogP contribution < -0.4 is 5.32 Å². The molecule has 0 unspecified atom stereocenters. The third-order valence-corrected chi connectivity index (χ3v) is 5.09. The van der Waals surface area contributed by atoms with Gasteiger partial charge in [-0.15, -0.1) is 0 Å². The molecule has 186 valence electrons. The predicted octanol–water partition coefficient (Wildman–Crippen LogP) is 2.87. The van der Waals surface area contributed by atoms with Crippen LogP contribution in [-0.2, 0) is 28.6 Å². The lowest BCUT2D eigenvalue weighted by Crippen LogP contribution is -2.54. The number of carbonyl (C=O) groups excluding carboxylic acids is 3. The molecule has 8 nitrogen and oxygen atoms in total. The quantitative estimate of drug-likeness (QED) is 0.423. The maximum Gasteiger partial charge on any atom is 0.335 e. The molecule has 0 radical (unpaired) electrons. The number of rotatable bonds is 13. The predicted molar refractivity (Wildman–Crippen MR) is 123 cm³/mol. The topological polar surface area (TPSA) is 94.2 Å². The maximum atomic E-state index is 12.6. The fourth-order valence-electron chi connectivity index (χ4n) is 3.56. The van der Waals surface area contributed by atoms with Crippen molar-refractivity contribution in [3.8, 4) is 0 Å². The second-order valence-electron chi connectivity index (χ2n) is 10.2. The summed E-state index contributed by atoms with van der Waals surface area (Å²) in [6.45, 7) is 17.0. The molecule has 0 aromatic rings. The zero-order valence-corrected chi connectivity index (χ0v) is 21.3. The van der Waals surface area contributed by atoms with Gasteiger partial charge in [-0.25, -0.2) is 4.79 Å². The Morgan fingerprint density at radius 1 is 1.00 bits per heavy atom. The molecule has 0 aromatic carbocycles. The monoisotopic (exact) mass is 456 g/mol. The zero-order valence-electron chi connectivity index (χ0n) is 21.3. The van der Waals surface area contributed by atoms with Crippen LogP contribution in [-0.4, -0.2) is 78.3 Å². The van der Waals surface area contributed by atoms with Crippen LogP contribution in [0.15, 0.2) is 0 Å². The van der Waals surface area contributed by atoms with E-state index in [1.165, 1.54) is 0 Å². The first kappa shape index (κ1) is 28.5. The summed E-state index contributed by atoms with van der Waals surface area (Å²) < 4.78 is 16.7. The second kappa shape index (κ2) is 12.7. The molecular formula is C24H44N2O6. The first-order valence-electron chi connectivity index (χ1n) is 11.8. The van der Waals surface area contributed by atoms with Crippen LogP contribution in [0, 0.1) is 0 Å². The van der Waals surface area contributed by atoms with Crippen LogP contribution in [0.25, 0.3) is 0 Å². The van der Waals surface area contributed by atoms with Gasteiger partial charge >= 0.3 is 11.9 Å². The van der Waals surface area contributed by atoms with E-state index in [0.717, 1.165) is 13.0 Å². The minimum atomic E-state index is -0.744. The molecule has 1 heterocycles. The molecule has 1 aliphatic heterocycles. The molecule has 1 rings (SSSR count). The summed E-state index contributed by atoms with van der Waals surface area (Å²) in [5.74, 6) is -0.489. The van der Waals surface area contributed by atoms with E-state index in [9.17, 15) is 14.4 Å². The van der Waals surface area contributed by atoms with Gasteiger partial charge in [-0.3, -0.25) is 14.5 Å². The van der Waals surface area contributed by atoms with Gasteiger partial charge in [-0.1, -0.05) is 6.92 Å². The van der Waals surface area contributed by atoms with Crippen molar-refractivity contribution in [1.29, 1.82) is 0 Å². The average Bonchev–Trinajstić information content (AvgIpc) is 2.62. The molecule has 3 atom stereocenters. The number of Topliss-reactive ketones (excluding diaryl/α,β-unsaturated/α-hetero) is 1. The van der Waals surface area contributed by atoms with Gasteiger partial charge in [0.15, 0.2) is 6.10 Å². The number of nitrogens with one attached hydrogen (secondary N) is 1. The Morgan fingerprint density at radius 2 is 1.66 bits per heavy atom. The number of ketones is 1. The molecular weight excluding hydrogens is 412 g/mol. The van der Waals surface area contributed by atoms with Crippen molar-refractivity contribution in [2.24, 2.45) is 0 Å². The third kappa shape index (κ3) is 10.4. The Hall–Kier alpha value is -1.51. The molecule has 0 bridgehead atoms. The second-order valence-corrected chi connectivity index (χ2v) is 10.2. The Balaban J connectivity index is 2.70. The highest BCUT2D eigenvalue weighted by atomic mass is 16.6. The number of likely N-dealkylation sites (tertiary alicyclic amines) is 1. The lowest BCUT2D eigenvalue weighted by atomic mass is 9.96. The minimum Gasteiger partial charge on any atom is -0.465 e. The molecule has 0 saturated carbocycles. The summed E-state index contributed by atoms with van der Waals surface area (Å²) in [5, 5.41) is 3.23. The van der Waals surface area contributed by atoms with E-state index in [-0.39, 0.29) is 17.8 Å². The third-order valence-electron chi connectivity index (χ3n) is 5.09. The Kier molecular flexibility index (Phi) is 11.3. The Bertz CT molecular complexity index is 623. The van der Waals surface area contributed by atoms with Crippen LogP contribution in [0.3, 0.4) is 0 Å². The lowest BCUT2D eigenvalue weighted by molar-refractivity contribution is -0.177. The fraction of sp³-hybridized carbons (Fsp3) is 0.875. The normalized spacial score (nSPS) is 19.1. The average molecular weight is 457 g/mol. The highest BCUT2D eigenvalue weighted by Crippen LogP contribution is 2.21. The first-order valence-corrected chi connectivity index (χ1v) is 11.8. The van der Waals surface area contributed by atoms with E-state index in [0.29, 0.717) is 39.0 Å². The van der Waals surface area contributed by atoms with Gasteiger partial charge in [0, 0.05) is 19.5 Å². The van der Waals surface area contributed by atoms with Gasteiger partial charge < -0.3 is 19.5 Å². The Labute approximate surface area is 193 Å². The number of nitrogens with zero attached hydrogens (tertiary/aromatic N) is 1. The summed E-state index contributed by atoms with van der Waals surface area (Å²) in [6.07, 6.45) is 1.56. The van der Waals surface area contributed by atoms with Crippen LogP contribution in [0.5, 0.6) is 0 Å². The van der Waals surface area contributed by atoms with Gasteiger partial charge in [0.1, 0.15) is 17.4 Å². The minimum absolute atomic E-state index is 0.0282. The standard InChI is InChI=1S/C24H44N2O6/c1-9-19(27)18-13-16-26(18)15-12-17(21(28)30-10-2)25-14-11-20(31-23(3,4)5)22(29)32-24(6,7)8/h17-18,20,25H,9-16H2,1-8H3/t17-,18-,20-/m0/s1. The van der Waals surface area contributed by atoms with Crippen molar-refractivity contribution in [1.82, 2.24) is 10.2 Å². The number of hydrogen-bond donors (Lipinski definition) is 1. The highest BCUT2D eigenvalue weighted by Gasteiger charge is 2.34. The van der Waals surface area contributed by atoms with Crippen molar-refractivity contribution in [3.05, 3.63) is 0 Å². The molecule has 0 spiro atoms. The molecule has 32 heavy (non-hydrogen) atoms. The molecule has 1 N–H and O–H groups in total. The van der Waals surface area contributed by atoms with E-state index >= 15 is 0 Å². The molecule has 0 aromatic heterocycles. The van der Waals surface area contributed by atoms with Gasteiger partial charge in [0.05, 0.1) is 18.2 Å². The van der Waals surface area contributed by atoms with Crippen LogP contribution in [0.4, 0.5) is 0 Å². The number of hydrogen-bond acceptors (Lipinski definition) is 8. The van der Waals surface area contributed by atoms with Crippen molar-refractivity contribution >= 4 is 17.7 Å². The summed E-state index contributed by atoms with van der Waals surface area (Å²) in [4.78, 5) is 39.2. The number of ether oxygens (including phenoxy) is 3. The number of carbonyl (C=O) groups is 3. The molecule has 8 heteroatoms. The van der Waals surface area contributed by atoms with Crippen molar-refractivity contribution in [2.75, 3.05) is 26.2 Å². The molecule has 1 saturated heterocycles. The van der Waals surface area contributed by atoms with Crippen molar-refractivity contribution < 1.29 is 28.6 Å².